The highest BCUT2D eigenvalue weighted by Gasteiger charge is 2.55. The number of rotatable bonds is 4. The van der Waals surface area contributed by atoms with Gasteiger partial charge in [-0.1, -0.05) is 43.3 Å². The van der Waals surface area contributed by atoms with Crippen LogP contribution in [-0.4, -0.2) is 69.8 Å². The van der Waals surface area contributed by atoms with Gasteiger partial charge in [-0.3, -0.25) is 9.69 Å². The minimum absolute atomic E-state index is 0.181. The summed E-state index contributed by atoms with van der Waals surface area (Å²) in [6.45, 7) is 7.94. The van der Waals surface area contributed by atoms with Gasteiger partial charge in [-0.05, 0) is 68.4 Å². The van der Waals surface area contributed by atoms with Crippen LogP contribution in [0.25, 0.3) is 5.65 Å². The molecular formula is C30H39FN6O. The average molecular weight is 519 g/mol. The summed E-state index contributed by atoms with van der Waals surface area (Å²) in [6, 6.07) is 14.9. The number of nitrogens with one attached hydrogen (secondary N) is 1. The van der Waals surface area contributed by atoms with Crippen LogP contribution in [0.15, 0.2) is 48.7 Å². The second-order valence-corrected chi connectivity index (χ2v) is 12.1. The molecule has 0 radical (unpaired) electrons. The third-order valence-electron chi connectivity index (χ3n) is 8.97. The van der Waals surface area contributed by atoms with Gasteiger partial charge in [0.15, 0.2) is 5.65 Å². The normalized spacial score (nSPS) is 30.6. The lowest BCUT2D eigenvalue weighted by molar-refractivity contribution is -0.0663. The molecule has 7 nitrogen and oxygen atoms in total. The number of halogens is 1. The fourth-order valence-corrected chi connectivity index (χ4v) is 6.90. The summed E-state index contributed by atoms with van der Waals surface area (Å²) in [4.78, 5) is 22.1. The van der Waals surface area contributed by atoms with E-state index in [0.717, 1.165) is 62.2 Å². The van der Waals surface area contributed by atoms with Crippen LogP contribution in [0.3, 0.4) is 0 Å². The summed E-state index contributed by atoms with van der Waals surface area (Å²) >= 11 is 0. The van der Waals surface area contributed by atoms with Crippen LogP contribution in [-0.2, 0) is 0 Å². The quantitative estimate of drug-likeness (QED) is 0.545. The van der Waals surface area contributed by atoms with Gasteiger partial charge in [0.1, 0.15) is 6.17 Å². The van der Waals surface area contributed by atoms with Crippen LogP contribution < -0.4 is 10.2 Å². The Morgan fingerprint density at radius 1 is 1.03 bits per heavy atom. The molecule has 2 atom stereocenters. The first-order valence-corrected chi connectivity index (χ1v) is 14.2. The van der Waals surface area contributed by atoms with E-state index in [1.165, 1.54) is 6.42 Å². The van der Waals surface area contributed by atoms with Crippen molar-refractivity contribution in [1.29, 1.82) is 0 Å². The Labute approximate surface area is 224 Å². The Hall–Kier alpha value is -3.00. The smallest absolute Gasteiger partial charge is 0.291 e. The monoisotopic (exact) mass is 518 g/mol. The lowest BCUT2D eigenvalue weighted by Gasteiger charge is -2.59. The Balaban J connectivity index is 0.000000390. The number of nitrogens with zero attached hydrogens (tertiary/aromatic N) is 5. The number of benzene rings is 1. The van der Waals surface area contributed by atoms with Gasteiger partial charge < -0.3 is 10.2 Å². The summed E-state index contributed by atoms with van der Waals surface area (Å²) in [5, 5.41) is 7.64. The summed E-state index contributed by atoms with van der Waals surface area (Å²) in [6.07, 6.45) is 7.59. The molecule has 2 aromatic heterocycles. The van der Waals surface area contributed by atoms with E-state index >= 15 is 0 Å². The zero-order valence-corrected chi connectivity index (χ0v) is 22.5. The van der Waals surface area contributed by atoms with Gasteiger partial charge in [-0.25, -0.2) is 13.9 Å². The van der Waals surface area contributed by atoms with Crippen molar-refractivity contribution in [3.05, 3.63) is 60.0 Å². The molecule has 2 saturated carbocycles. The van der Waals surface area contributed by atoms with E-state index in [9.17, 15) is 9.18 Å². The Bertz CT molecular complexity index is 1240. The molecule has 4 heterocycles. The van der Waals surface area contributed by atoms with Crippen molar-refractivity contribution in [3.8, 4) is 0 Å². The van der Waals surface area contributed by atoms with Gasteiger partial charge in [0.25, 0.3) is 5.91 Å². The standard InChI is InChI=1S/C24H33FN6O.C6H6/c1-15-3-5-29(12-15)19-7-16(2)22-27-21(28-31(22)14-19)23(32)26-18-8-24(9-18)10-20(11-24)30-6-4-17(25)13-30;1-2-4-6-5-3-1/h7,14-15,17-18,20H,3-6,8-13H2,1-2H3,(H,26,32);1-6H. The Morgan fingerprint density at radius 3 is 2.34 bits per heavy atom. The molecule has 1 amide bonds. The van der Waals surface area contributed by atoms with Crippen molar-refractivity contribution in [1.82, 2.24) is 24.8 Å². The fourth-order valence-electron chi connectivity index (χ4n) is 6.90. The van der Waals surface area contributed by atoms with E-state index in [1.54, 1.807) is 4.52 Å². The Kier molecular flexibility index (Phi) is 6.84. The largest absolute Gasteiger partial charge is 0.370 e. The minimum atomic E-state index is -0.642. The fraction of sp³-hybridized carbons (Fsp3) is 0.567. The molecule has 38 heavy (non-hydrogen) atoms. The van der Waals surface area contributed by atoms with Gasteiger partial charge in [0.2, 0.25) is 5.82 Å². The molecule has 2 saturated heterocycles. The summed E-state index contributed by atoms with van der Waals surface area (Å²) in [5.41, 5.74) is 3.29. The molecule has 2 unspecified atom stereocenters. The van der Waals surface area contributed by atoms with Gasteiger partial charge in [-0.15, -0.1) is 5.10 Å². The molecule has 202 valence electrons. The number of pyridine rings is 1. The summed E-state index contributed by atoms with van der Waals surface area (Å²) in [7, 11) is 0. The SMILES string of the molecule is Cc1cc(N2CCC(C)C2)cn2nc(C(=O)NC3CC4(C3)CC(N3CCC(F)C3)C4)nc12.c1ccccc1. The van der Waals surface area contributed by atoms with Crippen LogP contribution in [0.2, 0.25) is 0 Å². The molecule has 7 rings (SSSR count). The highest BCUT2D eigenvalue weighted by Crippen LogP contribution is 2.57. The van der Waals surface area contributed by atoms with E-state index in [-0.39, 0.29) is 17.8 Å². The molecule has 3 aromatic rings. The molecule has 0 bridgehead atoms. The number of hydrogen-bond donors (Lipinski definition) is 1. The van der Waals surface area contributed by atoms with Crippen LogP contribution in [0.1, 0.15) is 61.6 Å². The maximum Gasteiger partial charge on any atom is 0.291 e. The zero-order valence-electron chi connectivity index (χ0n) is 22.5. The van der Waals surface area contributed by atoms with Crippen LogP contribution in [0, 0.1) is 18.3 Å². The van der Waals surface area contributed by atoms with Gasteiger partial charge in [0, 0.05) is 38.3 Å². The molecule has 2 aliphatic carbocycles. The van der Waals surface area contributed by atoms with E-state index in [1.807, 2.05) is 49.5 Å². The van der Waals surface area contributed by atoms with Crippen molar-refractivity contribution in [3.63, 3.8) is 0 Å². The number of amides is 1. The van der Waals surface area contributed by atoms with Crippen LogP contribution in [0.4, 0.5) is 10.1 Å². The highest BCUT2D eigenvalue weighted by atomic mass is 19.1. The number of likely N-dealkylation sites (tertiary alicyclic amines) is 1. The van der Waals surface area contributed by atoms with Crippen molar-refractivity contribution >= 4 is 17.2 Å². The minimum Gasteiger partial charge on any atom is -0.370 e. The number of carbonyl (C=O) groups excluding carboxylic acids is 1. The van der Waals surface area contributed by atoms with Crippen molar-refractivity contribution in [2.45, 2.75) is 70.6 Å². The maximum absolute atomic E-state index is 13.5. The third kappa shape index (κ3) is 5.15. The van der Waals surface area contributed by atoms with E-state index in [0.29, 0.717) is 30.3 Å². The first kappa shape index (κ1) is 25.3. The molecule has 8 heteroatoms. The van der Waals surface area contributed by atoms with E-state index in [2.05, 4.69) is 38.2 Å². The molecule has 1 N–H and O–H groups in total. The van der Waals surface area contributed by atoms with Crippen molar-refractivity contribution < 1.29 is 9.18 Å². The van der Waals surface area contributed by atoms with Crippen LogP contribution in [0.5, 0.6) is 0 Å². The number of anilines is 1. The molecule has 2 aliphatic heterocycles. The molecule has 1 spiro atoms. The van der Waals surface area contributed by atoms with Crippen LogP contribution >= 0.6 is 0 Å². The van der Waals surface area contributed by atoms with Gasteiger partial charge in [-0.2, -0.15) is 0 Å². The summed E-state index contributed by atoms with van der Waals surface area (Å²) in [5.74, 6) is 0.772. The second kappa shape index (κ2) is 10.3. The average Bonchev–Trinajstić information content (AvgIpc) is 3.61. The number of hydrogen-bond acceptors (Lipinski definition) is 5. The predicted molar refractivity (Wildman–Crippen MR) is 147 cm³/mol. The zero-order chi connectivity index (χ0) is 26.3. The molecule has 4 aliphatic rings. The predicted octanol–water partition coefficient (Wildman–Crippen LogP) is 4.66. The lowest BCUT2D eigenvalue weighted by Crippen LogP contribution is -2.61. The van der Waals surface area contributed by atoms with Gasteiger partial charge >= 0.3 is 0 Å². The molecule has 4 fully saturated rings. The third-order valence-corrected chi connectivity index (χ3v) is 8.97. The van der Waals surface area contributed by atoms with Crippen molar-refractivity contribution in [2.75, 3.05) is 31.1 Å². The highest BCUT2D eigenvalue weighted by molar-refractivity contribution is 5.91. The van der Waals surface area contributed by atoms with E-state index in [4.69, 9.17) is 0 Å². The first-order valence-electron chi connectivity index (χ1n) is 14.2. The second-order valence-electron chi connectivity index (χ2n) is 12.1. The first-order chi connectivity index (χ1) is 18.4. The number of fused-ring (bicyclic) bond motifs is 1. The Morgan fingerprint density at radius 2 is 1.74 bits per heavy atom. The van der Waals surface area contributed by atoms with E-state index < -0.39 is 6.17 Å². The lowest BCUT2D eigenvalue weighted by atomic mass is 9.52. The van der Waals surface area contributed by atoms with Gasteiger partial charge in [0.05, 0.1) is 11.9 Å². The number of aromatic nitrogens is 3. The molecular weight excluding hydrogens is 479 g/mol. The van der Waals surface area contributed by atoms with Crippen molar-refractivity contribution in [2.24, 2.45) is 11.3 Å². The number of aryl methyl sites for hydroxylation is 1. The topological polar surface area (TPSA) is 65.8 Å². The number of carbonyl (C=O) groups is 1. The number of alkyl halides is 1. The summed E-state index contributed by atoms with van der Waals surface area (Å²) < 4.78 is 15.2. The maximum atomic E-state index is 13.5. The molecule has 1 aromatic carbocycles.